The molecule has 0 saturated carbocycles. The first-order valence-corrected chi connectivity index (χ1v) is 9.29. The van der Waals surface area contributed by atoms with Gasteiger partial charge < -0.3 is 5.32 Å². The first-order chi connectivity index (χ1) is 9.56. The van der Waals surface area contributed by atoms with E-state index in [0.29, 0.717) is 6.04 Å². The van der Waals surface area contributed by atoms with Crippen LogP contribution in [-0.4, -0.2) is 12.6 Å². The first-order valence-electron chi connectivity index (χ1n) is 9.29. The number of unbranched alkanes of at least 4 members (excludes halogenated alkanes) is 7. The van der Waals surface area contributed by atoms with Crippen molar-refractivity contribution in [2.75, 3.05) is 6.54 Å². The summed E-state index contributed by atoms with van der Waals surface area (Å²) in [4.78, 5) is 0. The van der Waals surface area contributed by atoms with Crippen molar-refractivity contribution >= 4 is 0 Å². The van der Waals surface area contributed by atoms with E-state index in [9.17, 15) is 0 Å². The molecule has 0 aliphatic heterocycles. The van der Waals surface area contributed by atoms with Gasteiger partial charge in [-0.05, 0) is 31.2 Å². The number of hydrogen-bond donors (Lipinski definition) is 1. The average molecular weight is 284 g/mol. The smallest absolute Gasteiger partial charge is 0.00104 e. The predicted molar refractivity (Wildman–Crippen MR) is 93.3 cm³/mol. The molecule has 0 aromatic carbocycles. The summed E-state index contributed by atoms with van der Waals surface area (Å²) in [6, 6.07) is 0.628. The Bertz CT molecular complexity index is 186. The maximum Gasteiger partial charge on any atom is 0.00104 e. The molecular formula is C19H41N. The lowest BCUT2D eigenvalue weighted by atomic mass is 9.91. The molecule has 0 spiro atoms. The zero-order valence-corrected chi connectivity index (χ0v) is 15.0. The van der Waals surface area contributed by atoms with Crippen LogP contribution in [0.2, 0.25) is 0 Å². The van der Waals surface area contributed by atoms with Gasteiger partial charge in [0, 0.05) is 6.04 Å². The molecule has 20 heavy (non-hydrogen) atoms. The topological polar surface area (TPSA) is 12.0 Å². The average Bonchev–Trinajstić information content (AvgIpc) is 2.38. The monoisotopic (exact) mass is 283 g/mol. The Morgan fingerprint density at radius 1 is 0.750 bits per heavy atom. The second kappa shape index (κ2) is 13.9. The predicted octanol–water partition coefficient (Wildman–Crippen LogP) is 6.18. The lowest BCUT2D eigenvalue weighted by molar-refractivity contribution is 0.344. The van der Waals surface area contributed by atoms with E-state index in [0.717, 1.165) is 11.8 Å². The lowest BCUT2D eigenvalue weighted by Crippen LogP contribution is -2.29. The molecule has 0 amide bonds. The van der Waals surface area contributed by atoms with Crippen molar-refractivity contribution in [3.8, 4) is 0 Å². The van der Waals surface area contributed by atoms with Gasteiger partial charge in [0.15, 0.2) is 0 Å². The van der Waals surface area contributed by atoms with Gasteiger partial charge in [-0.25, -0.2) is 0 Å². The van der Waals surface area contributed by atoms with E-state index in [4.69, 9.17) is 0 Å². The molecule has 0 fully saturated rings. The van der Waals surface area contributed by atoms with Gasteiger partial charge in [0.2, 0.25) is 0 Å². The summed E-state index contributed by atoms with van der Waals surface area (Å²) in [6.07, 6.45) is 14.3. The van der Waals surface area contributed by atoms with Crippen LogP contribution in [0.1, 0.15) is 98.8 Å². The summed E-state index contributed by atoms with van der Waals surface area (Å²) in [7, 11) is 0. The Morgan fingerprint density at radius 3 is 1.80 bits per heavy atom. The number of hydrogen-bond acceptors (Lipinski definition) is 1. The molecular weight excluding hydrogens is 242 g/mol. The van der Waals surface area contributed by atoms with Gasteiger partial charge in [0.1, 0.15) is 0 Å². The highest BCUT2D eigenvalue weighted by Gasteiger charge is 2.11. The van der Waals surface area contributed by atoms with Gasteiger partial charge >= 0.3 is 0 Å². The van der Waals surface area contributed by atoms with Crippen molar-refractivity contribution in [1.29, 1.82) is 0 Å². The van der Waals surface area contributed by atoms with E-state index >= 15 is 0 Å². The molecule has 1 N–H and O–H groups in total. The minimum absolute atomic E-state index is 0.628. The zero-order valence-electron chi connectivity index (χ0n) is 15.0. The second-order valence-corrected chi connectivity index (χ2v) is 7.32. The molecule has 1 nitrogen and oxygen atoms in total. The fourth-order valence-electron chi connectivity index (χ4n) is 2.94. The number of nitrogens with one attached hydrogen (secondary N) is 1. The maximum atomic E-state index is 3.63. The minimum atomic E-state index is 0.628. The third-order valence-electron chi connectivity index (χ3n) is 4.09. The van der Waals surface area contributed by atoms with Crippen molar-refractivity contribution in [2.24, 2.45) is 11.8 Å². The van der Waals surface area contributed by atoms with Gasteiger partial charge in [-0.3, -0.25) is 0 Å². The van der Waals surface area contributed by atoms with E-state index < -0.39 is 0 Å². The van der Waals surface area contributed by atoms with E-state index in [1.165, 1.54) is 70.8 Å². The molecule has 1 atom stereocenters. The van der Waals surface area contributed by atoms with Crippen LogP contribution in [0.4, 0.5) is 0 Å². The van der Waals surface area contributed by atoms with E-state index in [1.54, 1.807) is 0 Å². The molecule has 0 rings (SSSR count). The Morgan fingerprint density at radius 2 is 1.30 bits per heavy atom. The Kier molecular flexibility index (Phi) is 13.9. The fourth-order valence-corrected chi connectivity index (χ4v) is 2.94. The van der Waals surface area contributed by atoms with Crippen LogP contribution in [0.5, 0.6) is 0 Å². The third kappa shape index (κ3) is 14.4. The largest absolute Gasteiger partial charge is 0.314 e. The van der Waals surface area contributed by atoms with Crippen molar-refractivity contribution in [3.05, 3.63) is 0 Å². The van der Waals surface area contributed by atoms with Crippen LogP contribution in [0.15, 0.2) is 0 Å². The van der Waals surface area contributed by atoms with Crippen LogP contribution in [0.25, 0.3) is 0 Å². The Balaban J connectivity index is 3.57. The Labute approximate surface area is 129 Å². The van der Waals surface area contributed by atoms with Gasteiger partial charge in [0.25, 0.3) is 0 Å². The summed E-state index contributed by atoms with van der Waals surface area (Å²) in [5.41, 5.74) is 0. The van der Waals surface area contributed by atoms with Crippen LogP contribution in [0.3, 0.4) is 0 Å². The van der Waals surface area contributed by atoms with Gasteiger partial charge in [-0.15, -0.1) is 0 Å². The molecule has 0 heterocycles. The highest BCUT2D eigenvalue weighted by Crippen LogP contribution is 2.19. The molecule has 0 aliphatic rings. The van der Waals surface area contributed by atoms with Crippen LogP contribution in [-0.2, 0) is 0 Å². The molecule has 1 heteroatoms. The highest BCUT2D eigenvalue weighted by atomic mass is 14.9. The summed E-state index contributed by atoms with van der Waals surface area (Å²) < 4.78 is 0. The van der Waals surface area contributed by atoms with Crippen LogP contribution in [0, 0.1) is 11.8 Å². The normalized spacial score (nSPS) is 13.3. The van der Waals surface area contributed by atoms with E-state index in [-0.39, 0.29) is 0 Å². The molecule has 122 valence electrons. The van der Waals surface area contributed by atoms with Gasteiger partial charge in [-0.2, -0.15) is 0 Å². The molecule has 0 bridgehead atoms. The Hall–Kier alpha value is -0.0400. The third-order valence-corrected chi connectivity index (χ3v) is 4.09. The quantitative estimate of drug-likeness (QED) is 0.375. The van der Waals surface area contributed by atoms with Gasteiger partial charge in [-0.1, -0.05) is 86.0 Å². The second-order valence-electron chi connectivity index (χ2n) is 7.32. The summed E-state index contributed by atoms with van der Waals surface area (Å²) in [5, 5.41) is 3.63. The zero-order chi connectivity index (χ0) is 15.2. The molecule has 1 unspecified atom stereocenters. The molecule has 0 saturated heterocycles. The van der Waals surface area contributed by atoms with E-state index in [2.05, 4.69) is 39.9 Å². The SMILES string of the molecule is CCCCCCCCCCC(CNC(C)C)CC(C)C. The van der Waals surface area contributed by atoms with Crippen LogP contribution >= 0.6 is 0 Å². The lowest BCUT2D eigenvalue weighted by Gasteiger charge is -2.21. The van der Waals surface area contributed by atoms with Crippen molar-refractivity contribution in [2.45, 2.75) is 105 Å². The van der Waals surface area contributed by atoms with Crippen molar-refractivity contribution < 1.29 is 0 Å². The fraction of sp³-hybridized carbons (Fsp3) is 1.00. The van der Waals surface area contributed by atoms with E-state index in [1.807, 2.05) is 0 Å². The molecule has 0 aromatic rings. The standard InChI is InChI=1S/C19H41N/c1-6-7-8-9-10-11-12-13-14-19(15-17(2)3)16-20-18(4)5/h17-20H,6-16H2,1-5H3. The molecule has 0 aromatic heterocycles. The van der Waals surface area contributed by atoms with Gasteiger partial charge in [0.05, 0.1) is 0 Å². The summed E-state index contributed by atoms with van der Waals surface area (Å²) in [6.45, 7) is 12.7. The molecule has 0 radical (unpaired) electrons. The summed E-state index contributed by atoms with van der Waals surface area (Å²) in [5.74, 6) is 1.72. The van der Waals surface area contributed by atoms with Crippen molar-refractivity contribution in [1.82, 2.24) is 5.32 Å². The maximum absolute atomic E-state index is 3.63. The van der Waals surface area contributed by atoms with Crippen LogP contribution < -0.4 is 5.32 Å². The highest BCUT2D eigenvalue weighted by molar-refractivity contribution is 4.66. The minimum Gasteiger partial charge on any atom is -0.314 e. The van der Waals surface area contributed by atoms with Crippen molar-refractivity contribution in [3.63, 3.8) is 0 Å². The summed E-state index contributed by atoms with van der Waals surface area (Å²) >= 11 is 0. The molecule has 0 aliphatic carbocycles. The number of rotatable bonds is 14. The first kappa shape index (κ1) is 20.0.